The molecule has 0 spiro atoms. The van der Waals surface area contributed by atoms with Gasteiger partial charge in [0.2, 0.25) is 0 Å². The molecule has 250 valence electrons. The molecule has 0 aliphatic heterocycles. The van der Waals surface area contributed by atoms with Gasteiger partial charge in [0.1, 0.15) is 11.5 Å². The van der Waals surface area contributed by atoms with Crippen molar-refractivity contribution in [3.63, 3.8) is 0 Å². The van der Waals surface area contributed by atoms with Gasteiger partial charge in [0, 0.05) is 30.8 Å². The molecule has 0 saturated heterocycles. The van der Waals surface area contributed by atoms with Gasteiger partial charge in [-0.2, -0.15) is 0 Å². The molecule has 2 aromatic rings. The third kappa shape index (κ3) is 9.26. The van der Waals surface area contributed by atoms with Crippen LogP contribution in [0.1, 0.15) is 84.4 Å². The fraction of sp³-hybridized carbons (Fsp3) is 0.559. The van der Waals surface area contributed by atoms with Crippen molar-refractivity contribution in [2.75, 3.05) is 32.7 Å². The second kappa shape index (κ2) is 16.2. The second-order valence-corrected chi connectivity index (χ2v) is 12.6. The summed E-state index contributed by atoms with van der Waals surface area (Å²) >= 11 is 6.40. The first kappa shape index (κ1) is 37.7. The number of nitrogens with one attached hydrogen (secondary N) is 2. The number of phenolic OH excluding ortho intramolecular Hbond substituents is 1. The van der Waals surface area contributed by atoms with Crippen LogP contribution in [0.3, 0.4) is 0 Å². The van der Waals surface area contributed by atoms with Gasteiger partial charge in [-0.05, 0) is 48.6 Å². The zero-order valence-corrected chi connectivity index (χ0v) is 28.9. The molecule has 0 saturated carbocycles. The number of rotatable bonds is 16. The number of esters is 1. The molecule has 2 atom stereocenters. The Balaban J connectivity index is 2.43. The summed E-state index contributed by atoms with van der Waals surface area (Å²) in [7, 11) is 2.60. The van der Waals surface area contributed by atoms with Crippen molar-refractivity contribution in [2.45, 2.75) is 97.7 Å². The molecule has 3 N–H and O–H groups in total. The molecule has 45 heavy (non-hydrogen) atoms. The number of methoxy groups -OCH3 is 2. The van der Waals surface area contributed by atoms with E-state index < -0.39 is 35.7 Å². The summed E-state index contributed by atoms with van der Waals surface area (Å²) in [5.41, 5.74) is 2.12. The fourth-order valence-electron chi connectivity index (χ4n) is 4.41. The molecule has 0 aliphatic carbocycles. The predicted molar refractivity (Wildman–Crippen MR) is 176 cm³/mol. The lowest BCUT2D eigenvalue weighted by molar-refractivity contribution is -0.154. The van der Waals surface area contributed by atoms with Crippen molar-refractivity contribution in [1.29, 1.82) is 0 Å². The average Bonchev–Trinajstić information content (AvgIpc) is 3.02. The van der Waals surface area contributed by atoms with Crippen LogP contribution in [0, 0.1) is 6.92 Å². The molecule has 0 heterocycles. The maximum atomic E-state index is 13.6. The van der Waals surface area contributed by atoms with Gasteiger partial charge in [-0.25, -0.2) is 4.79 Å². The number of halogens is 1. The largest absolute Gasteiger partial charge is 0.504 e. The standard InChI is InChI=1S/C34H49ClN2O8/c1-11-24(44-25-15-14-21(33(5,6)12-2)18-22(25)34(7,8)13-3)30(39)37-23-19-26(20(4)27(35)28(23)38)45-29(32(41)43-10)31(40)36-16-17-42-9/h14-15,18-19,24,29,38H,11-13,16-17H2,1-10H3,(H,36,40)(H,37,39). The minimum atomic E-state index is -1.68. The minimum absolute atomic E-state index is 0.0135. The third-order valence-electron chi connectivity index (χ3n) is 8.39. The van der Waals surface area contributed by atoms with Crippen LogP contribution in [0.4, 0.5) is 5.69 Å². The van der Waals surface area contributed by atoms with E-state index in [1.807, 2.05) is 19.1 Å². The van der Waals surface area contributed by atoms with Crippen LogP contribution in [-0.2, 0) is 34.7 Å². The van der Waals surface area contributed by atoms with Crippen LogP contribution < -0.4 is 20.1 Å². The number of anilines is 1. The normalized spacial score (nSPS) is 13.0. The summed E-state index contributed by atoms with van der Waals surface area (Å²) in [6, 6.07) is 7.43. The lowest BCUT2D eigenvalue weighted by Crippen LogP contribution is -2.45. The number of hydrogen-bond acceptors (Lipinski definition) is 8. The molecule has 0 aromatic heterocycles. The summed E-state index contributed by atoms with van der Waals surface area (Å²) in [4.78, 5) is 38.7. The molecule has 2 unspecified atom stereocenters. The van der Waals surface area contributed by atoms with Crippen molar-refractivity contribution < 1.29 is 38.4 Å². The molecule has 10 nitrogen and oxygen atoms in total. The van der Waals surface area contributed by atoms with Gasteiger partial charge in [-0.1, -0.05) is 72.2 Å². The Kier molecular flexibility index (Phi) is 13.5. The topological polar surface area (TPSA) is 132 Å². The van der Waals surface area contributed by atoms with E-state index in [1.165, 1.54) is 18.7 Å². The number of amides is 2. The number of hydrogen-bond donors (Lipinski definition) is 3. The monoisotopic (exact) mass is 648 g/mol. The van der Waals surface area contributed by atoms with Crippen LogP contribution in [0.2, 0.25) is 5.02 Å². The quantitative estimate of drug-likeness (QED) is 0.0847. The Bertz CT molecular complexity index is 1360. The maximum absolute atomic E-state index is 13.6. The van der Waals surface area contributed by atoms with Crippen molar-refractivity contribution in [1.82, 2.24) is 5.32 Å². The molecular formula is C34H49ClN2O8. The highest BCUT2D eigenvalue weighted by Gasteiger charge is 2.32. The van der Waals surface area contributed by atoms with E-state index in [0.717, 1.165) is 25.5 Å². The van der Waals surface area contributed by atoms with E-state index >= 15 is 0 Å². The van der Waals surface area contributed by atoms with Crippen molar-refractivity contribution in [2.24, 2.45) is 0 Å². The van der Waals surface area contributed by atoms with Gasteiger partial charge in [0.25, 0.3) is 17.9 Å². The fourth-order valence-corrected chi connectivity index (χ4v) is 4.60. The molecule has 2 aromatic carbocycles. The average molecular weight is 649 g/mol. The molecular weight excluding hydrogens is 600 g/mol. The summed E-state index contributed by atoms with van der Waals surface area (Å²) in [6.45, 7) is 16.7. The molecule has 0 radical (unpaired) electrons. The lowest BCUT2D eigenvalue weighted by Gasteiger charge is -2.31. The SMILES string of the molecule is CCC(Oc1ccc(C(C)(C)CC)cc1C(C)(C)CC)C(=O)Nc1cc(OC(C(=O)NCCOC)C(=O)OC)c(C)c(Cl)c1O. The van der Waals surface area contributed by atoms with Crippen LogP contribution in [0.15, 0.2) is 24.3 Å². The first-order valence-corrected chi connectivity index (χ1v) is 15.6. The van der Waals surface area contributed by atoms with Crippen molar-refractivity contribution in [3.8, 4) is 17.2 Å². The number of phenols is 1. The Morgan fingerprint density at radius 2 is 1.58 bits per heavy atom. The van der Waals surface area contributed by atoms with Gasteiger partial charge in [0.05, 0.1) is 24.4 Å². The Morgan fingerprint density at radius 1 is 0.933 bits per heavy atom. The highest BCUT2D eigenvalue weighted by atomic mass is 35.5. The Labute approximate surface area is 272 Å². The van der Waals surface area contributed by atoms with Gasteiger partial charge in [0.15, 0.2) is 11.9 Å². The zero-order chi connectivity index (χ0) is 34.1. The summed E-state index contributed by atoms with van der Waals surface area (Å²) in [5.74, 6) is -2.04. The highest BCUT2D eigenvalue weighted by Crippen LogP contribution is 2.42. The molecule has 2 rings (SSSR count). The van der Waals surface area contributed by atoms with E-state index in [-0.39, 0.29) is 46.0 Å². The number of ether oxygens (including phenoxy) is 4. The van der Waals surface area contributed by atoms with E-state index in [1.54, 1.807) is 6.92 Å². The van der Waals surface area contributed by atoms with E-state index in [2.05, 4.69) is 58.2 Å². The van der Waals surface area contributed by atoms with Gasteiger partial charge in [-0.15, -0.1) is 0 Å². The summed E-state index contributed by atoms with van der Waals surface area (Å²) in [6.07, 6.45) is -0.442. The Hall–Kier alpha value is -3.50. The van der Waals surface area contributed by atoms with Crippen LogP contribution in [-0.4, -0.2) is 62.5 Å². The van der Waals surface area contributed by atoms with Gasteiger partial charge >= 0.3 is 5.97 Å². The molecule has 0 bridgehead atoms. The highest BCUT2D eigenvalue weighted by molar-refractivity contribution is 6.33. The van der Waals surface area contributed by atoms with E-state index in [9.17, 15) is 19.5 Å². The second-order valence-electron chi connectivity index (χ2n) is 12.2. The molecule has 11 heteroatoms. The maximum Gasteiger partial charge on any atom is 0.357 e. The van der Waals surface area contributed by atoms with Gasteiger partial charge < -0.3 is 34.7 Å². The van der Waals surface area contributed by atoms with Crippen molar-refractivity contribution >= 4 is 35.1 Å². The molecule has 2 amide bonds. The number of carbonyl (C=O) groups excluding carboxylic acids is 3. The molecule has 0 aliphatic rings. The van der Waals surface area contributed by atoms with E-state index in [0.29, 0.717) is 12.2 Å². The number of benzene rings is 2. The van der Waals surface area contributed by atoms with Gasteiger partial charge in [-0.3, -0.25) is 9.59 Å². The molecule has 0 fully saturated rings. The van der Waals surface area contributed by atoms with Crippen molar-refractivity contribution in [3.05, 3.63) is 46.0 Å². The Morgan fingerprint density at radius 3 is 2.13 bits per heavy atom. The first-order valence-electron chi connectivity index (χ1n) is 15.2. The smallest absolute Gasteiger partial charge is 0.357 e. The lowest BCUT2D eigenvalue weighted by atomic mass is 9.76. The van der Waals surface area contributed by atoms with Crippen LogP contribution in [0.5, 0.6) is 17.2 Å². The predicted octanol–water partition coefficient (Wildman–Crippen LogP) is 6.21. The third-order valence-corrected chi connectivity index (χ3v) is 8.85. The van der Waals surface area contributed by atoms with Crippen LogP contribution in [0.25, 0.3) is 0 Å². The van der Waals surface area contributed by atoms with Crippen LogP contribution >= 0.6 is 11.6 Å². The zero-order valence-electron chi connectivity index (χ0n) is 28.2. The minimum Gasteiger partial charge on any atom is -0.504 e. The van der Waals surface area contributed by atoms with E-state index in [4.69, 9.17) is 30.5 Å². The summed E-state index contributed by atoms with van der Waals surface area (Å²) < 4.78 is 21.8. The first-order chi connectivity index (χ1) is 21.1. The number of aromatic hydroxyl groups is 1. The summed E-state index contributed by atoms with van der Waals surface area (Å²) in [5, 5.41) is 15.9. The number of carbonyl (C=O) groups is 3.